The SMILES string of the molecule is CC(C)NC1CCNc2c(O)cccc21. The second kappa shape index (κ2) is 4.11. The fourth-order valence-electron chi connectivity index (χ4n) is 2.11. The first-order valence-corrected chi connectivity index (χ1v) is 5.50. The zero-order valence-electron chi connectivity index (χ0n) is 9.25. The number of aromatic hydroxyl groups is 1. The summed E-state index contributed by atoms with van der Waals surface area (Å²) in [6, 6.07) is 6.51. The Labute approximate surface area is 90.5 Å². The van der Waals surface area contributed by atoms with Crippen LogP contribution in [0.15, 0.2) is 18.2 Å². The van der Waals surface area contributed by atoms with Crippen LogP contribution in [0.2, 0.25) is 0 Å². The van der Waals surface area contributed by atoms with Crippen molar-refractivity contribution in [3.8, 4) is 5.75 Å². The van der Waals surface area contributed by atoms with Crippen molar-refractivity contribution in [2.75, 3.05) is 11.9 Å². The lowest BCUT2D eigenvalue weighted by atomic mass is 9.97. The summed E-state index contributed by atoms with van der Waals surface area (Å²) in [5.74, 6) is 0.350. The molecule has 0 saturated carbocycles. The summed E-state index contributed by atoms with van der Waals surface area (Å²) < 4.78 is 0. The number of rotatable bonds is 2. The van der Waals surface area contributed by atoms with Gasteiger partial charge in [0.05, 0.1) is 5.69 Å². The molecule has 0 aliphatic carbocycles. The molecule has 0 bridgehead atoms. The molecular formula is C12H18N2O. The Morgan fingerprint density at radius 2 is 2.27 bits per heavy atom. The van der Waals surface area contributed by atoms with Crippen LogP contribution < -0.4 is 10.6 Å². The van der Waals surface area contributed by atoms with Crippen LogP contribution in [0.3, 0.4) is 0 Å². The molecule has 1 aromatic carbocycles. The van der Waals surface area contributed by atoms with Crippen molar-refractivity contribution in [1.29, 1.82) is 0 Å². The van der Waals surface area contributed by atoms with E-state index in [4.69, 9.17) is 0 Å². The number of fused-ring (bicyclic) bond motifs is 1. The first-order valence-electron chi connectivity index (χ1n) is 5.50. The fourth-order valence-corrected chi connectivity index (χ4v) is 2.11. The molecule has 0 amide bonds. The van der Waals surface area contributed by atoms with Gasteiger partial charge in [-0.3, -0.25) is 0 Å². The largest absolute Gasteiger partial charge is 0.506 e. The summed E-state index contributed by atoms with van der Waals surface area (Å²) in [5, 5.41) is 16.5. The first kappa shape index (κ1) is 10.3. The van der Waals surface area contributed by atoms with Gasteiger partial charge in [0.1, 0.15) is 5.75 Å². The summed E-state index contributed by atoms with van der Waals surface area (Å²) in [4.78, 5) is 0. The van der Waals surface area contributed by atoms with Gasteiger partial charge in [0.15, 0.2) is 0 Å². The van der Waals surface area contributed by atoms with Gasteiger partial charge in [0.2, 0.25) is 0 Å². The van der Waals surface area contributed by atoms with Gasteiger partial charge in [-0.2, -0.15) is 0 Å². The maximum atomic E-state index is 9.72. The number of anilines is 1. The van der Waals surface area contributed by atoms with Crippen molar-refractivity contribution in [3.05, 3.63) is 23.8 Å². The van der Waals surface area contributed by atoms with Gasteiger partial charge in [-0.1, -0.05) is 26.0 Å². The van der Waals surface area contributed by atoms with E-state index in [-0.39, 0.29) is 0 Å². The van der Waals surface area contributed by atoms with Gasteiger partial charge in [0.25, 0.3) is 0 Å². The third-order valence-corrected chi connectivity index (χ3v) is 2.72. The van der Waals surface area contributed by atoms with Crippen LogP contribution in [0, 0.1) is 0 Å². The molecule has 0 saturated heterocycles. The van der Waals surface area contributed by atoms with Crippen molar-refractivity contribution < 1.29 is 5.11 Å². The van der Waals surface area contributed by atoms with Gasteiger partial charge in [-0.15, -0.1) is 0 Å². The predicted molar refractivity (Wildman–Crippen MR) is 62.2 cm³/mol. The molecule has 1 atom stereocenters. The van der Waals surface area contributed by atoms with Gasteiger partial charge in [-0.05, 0) is 18.1 Å². The topological polar surface area (TPSA) is 44.3 Å². The molecule has 0 radical (unpaired) electrons. The molecular weight excluding hydrogens is 188 g/mol. The zero-order valence-corrected chi connectivity index (χ0v) is 9.25. The molecule has 1 heterocycles. The summed E-state index contributed by atoms with van der Waals surface area (Å²) in [7, 11) is 0. The van der Waals surface area contributed by atoms with Crippen LogP contribution in [0.4, 0.5) is 5.69 Å². The van der Waals surface area contributed by atoms with Crippen molar-refractivity contribution in [2.24, 2.45) is 0 Å². The summed E-state index contributed by atoms with van der Waals surface area (Å²) in [6.45, 7) is 5.20. The highest BCUT2D eigenvalue weighted by Crippen LogP contribution is 2.36. The van der Waals surface area contributed by atoms with E-state index in [0.29, 0.717) is 17.8 Å². The minimum Gasteiger partial charge on any atom is -0.506 e. The Bertz CT molecular complexity index is 349. The zero-order chi connectivity index (χ0) is 10.8. The number of hydrogen-bond acceptors (Lipinski definition) is 3. The monoisotopic (exact) mass is 206 g/mol. The summed E-state index contributed by atoms with van der Waals surface area (Å²) >= 11 is 0. The molecule has 3 heteroatoms. The fraction of sp³-hybridized carbons (Fsp3) is 0.500. The van der Waals surface area contributed by atoms with Crippen LogP contribution in [-0.4, -0.2) is 17.7 Å². The van der Waals surface area contributed by atoms with Crippen molar-refractivity contribution in [3.63, 3.8) is 0 Å². The van der Waals surface area contributed by atoms with Crippen molar-refractivity contribution >= 4 is 5.69 Å². The highest BCUT2D eigenvalue weighted by atomic mass is 16.3. The molecule has 82 valence electrons. The Morgan fingerprint density at radius 1 is 1.47 bits per heavy atom. The molecule has 1 aromatic rings. The van der Waals surface area contributed by atoms with Crippen LogP contribution in [0.5, 0.6) is 5.75 Å². The van der Waals surface area contributed by atoms with Crippen LogP contribution >= 0.6 is 0 Å². The number of phenolic OH excluding ortho intramolecular Hbond substituents is 1. The number of nitrogens with one attached hydrogen (secondary N) is 2. The van der Waals surface area contributed by atoms with E-state index in [0.717, 1.165) is 18.7 Å². The predicted octanol–water partition coefficient (Wildman–Crippen LogP) is 2.25. The second-order valence-electron chi connectivity index (χ2n) is 4.33. The molecule has 0 aromatic heterocycles. The molecule has 1 aliphatic rings. The van der Waals surface area contributed by atoms with Crippen LogP contribution in [0.25, 0.3) is 0 Å². The lowest BCUT2D eigenvalue weighted by molar-refractivity contribution is 0.441. The van der Waals surface area contributed by atoms with E-state index in [9.17, 15) is 5.11 Å². The third kappa shape index (κ3) is 2.07. The van der Waals surface area contributed by atoms with E-state index in [1.54, 1.807) is 6.07 Å². The average molecular weight is 206 g/mol. The number of para-hydroxylation sites is 1. The number of phenols is 1. The first-order chi connectivity index (χ1) is 7.18. The van der Waals surface area contributed by atoms with Gasteiger partial charge in [0, 0.05) is 18.6 Å². The van der Waals surface area contributed by atoms with E-state index in [2.05, 4.69) is 30.5 Å². The Hall–Kier alpha value is -1.22. The van der Waals surface area contributed by atoms with Crippen LogP contribution in [0.1, 0.15) is 31.9 Å². The Balaban J connectivity index is 2.30. The van der Waals surface area contributed by atoms with E-state index in [1.807, 2.05) is 6.07 Å². The molecule has 15 heavy (non-hydrogen) atoms. The summed E-state index contributed by atoms with van der Waals surface area (Å²) in [5.41, 5.74) is 2.07. The van der Waals surface area contributed by atoms with Crippen LogP contribution in [-0.2, 0) is 0 Å². The van der Waals surface area contributed by atoms with Gasteiger partial charge in [-0.25, -0.2) is 0 Å². The Kier molecular flexibility index (Phi) is 2.82. The quantitative estimate of drug-likeness (QED) is 0.650. The lowest BCUT2D eigenvalue weighted by Gasteiger charge is -2.29. The van der Waals surface area contributed by atoms with Gasteiger partial charge >= 0.3 is 0 Å². The average Bonchev–Trinajstić information content (AvgIpc) is 2.19. The minimum atomic E-state index is 0.350. The van der Waals surface area contributed by atoms with E-state index >= 15 is 0 Å². The lowest BCUT2D eigenvalue weighted by Crippen LogP contribution is -2.32. The maximum absolute atomic E-state index is 9.72. The molecule has 3 nitrogen and oxygen atoms in total. The maximum Gasteiger partial charge on any atom is 0.139 e. The second-order valence-corrected chi connectivity index (χ2v) is 4.33. The third-order valence-electron chi connectivity index (χ3n) is 2.72. The standard InChI is InChI=1S/C12H18N2O/c1-8(2)14-10-6-7-13-12-9(10)4-3-5-11(12)15/h3-5,8,10,13-15H,6-7H2,1-2H3. The molecule has 3 N–H and O–H groups in total. The molecule has 2 rings (SSSR count). The van der Waals surface area contributed by atoms with Crippen molar-refractivity contribution in [2.45, 2.75) is 32.4 Å². The van der Waals surface area contributed by atoms with E-state index < -0.39 is 0 Å². The highest BCUT2D eigenvalue weighted by Gasteiger charge is 2.21. The minimum absolute atomic E-state index is 0.350. The van der Waals surface area contributed by atoms with Gasteiger partial charge < -0.3 is 15.7 Å². The molecule has 0 fully saturated rings. The van der Waals surface area contributed by atoms with Crippen molar-refractivity contribution in [1.82, 2.24) is 5.32 Å². The Morgan fingerprint density at radius 3 is 3.00 bits per heavy atom. The molecule has 1 aliphatic heterocycles. The number of hydrogen-bond donors (Lipinski definition) is 3. The molecule has 0 spiro atoms. The molecule has 1 unspecified atom stereocenters. The van der Waals surface area contributed by atoms with E-state index in [1.165, 1.54) is 5.56 Å². The number of benzene rings is 1. The highest BCUT2D eigenvalue weighted by molar-refractivity contribution is 5.63. The summed E-state index contributed by atoms with van der Waals surface area (Å²) in [6.07, 6.45) is 1.06. The smallest absolute Gasteiger partial charge is 0.139 e. The normalized spacial score (nSPS) is 19.8.